The van der Waals surface area contributed by atoms with Crippen LogP contribution >= 0.6 is 0 Å². The van der Waals surface area contributed by atoms with Crippen LogP contribution in [0.4, 0.5) is 0 Å². The Kier molecular flexibility index (Phi) is 5.95. The highest BCUT2D eigenvalue weighted by Gasteiger charge is 2.44. The normalized spacial score (nSPS) is 21.5. The van der Waals surface area contributed by atoms with E-state index in [1.807, 2.05) is 19.1 Å². The van der Waals surface area contributed by atoms with Crippen molar-refractivity contribution in [3.63, 3.8) is 0 Å². The number of carbonyl (C=O) groups excluding carboxylic acids is 3. The second-order valence-corrected chi connectivity index (χ2v) is 8.49. The summed E-state index contributed by atoms with van der Waals surface area (Å²) in [6.07, 6.45) is 1.31. The van der Waals surface area contributed by atoms with Gasteiger partial charge < -0.3 is 24.1 Å². The number of hydrogen-bond acceptors (Lipinski definition) is 6. The first-order chi connectivity index (χ1) is 15.3. The third-order valence-corrected chi connectivity index (χ3v) is 6.30. The van der Waals surface area contributed by atoms with E-state index in [0.717, 1.165) is 5.76 Å². The fourth-order valence-corrected chi connectivity index (χ4v) is 4.39. The van der Waals surface area contributed by atoms with Gasteiger partial charge in [0.25, 0.3) is 0 Å². The summed E-state index contributed by atoms with van der Waals surface area (Å²) < 4.78 is 17.0. The summed E-state index contributed by atoms with van der Waals surface area (Å²) in [6, 6.07) is 8.17. The van der Waals surface area contributed by atoms with Crippen molar-refractivity contribution in [2.75, 3.05) is 13.7 Å². The lowest BCUT2D eigenvalue weighted by molar-refractivity contribution is -0.139. The number of ketones is 1. The third-order valence-electron chi connectivity index (χ3n) is 6.30. The average Bonchev–Trinajstić information content (AvgIpc) is 3.13. The molecule has 2 aliphatic rings. The molecule has 170 valence electrons. The summed E-state index contributed by atoms with van der Waals surface area (Å²) >= 11 is 0. The highest BCUT2D eigenvalue weighted by atomic mass is 16.5. The van der Waals surface area contributed by atoms with Gasteiger partial charge in [0.15, 0.2) is 5.78 Å². The van der Waals surface area contributed by atoms with Gasteiger partial charge in [-0.3, -0.25) is 14.4 Å². The first kappa shape index (κ1) is 21.9. The van der Waals surface area contributed by atoms with Crippen molar-refractivity contribution in [1.29, 1.82) is 0 Å². The van der Waals surface area contributed by atoms with Gasteiger partial charge in [0.05, 0.1) is 25.6 Å². The van der Waals surface area contributed by atoms with Crippen molar-refractivity contribution in [1.82, 2.24) is 10.2 Å². The minimum absolute atomic E-state index is 0.00525. The van der Waals surface area contributed by atoms with Crippen molar-refractivity contribution >= 4 is 17.6 Å². The molecule has 8 nitrogen and oxygen atoms in total. The van der Waals surface area contributed by atoms with Crippen LogP contribution in [0.15, 0.2) is 34.7 Å². The lowest BCUT2D eigenvalue weighted by atomic mass is 9.84. The fourth-order valence-electron chi connectivity index (χ4n) is 4.39. The Morgan fingerprint density at radius 3 is 2.78 bits per heavy atom. The maximum Gasteiger partial charge on any atom is 0.242 e. The molecule has 0 bridgehead atoms. The highest BCUT2D eigenvalue weighted by Crippen LogP contribution is 2.41. The zero-order valence-electron chi connectivity index (χ0n) is 18.6. The number of Topliss-reactive ketones (excluding diaryl/α,β-unsaturated/α-hetero) is 1. The number of ether oxygens (including phenoxy) is 2. The van der Waals surface area contributed by atoms with Gasteiger partial charge in [0, 0.05) is 25.5 Å². The molecule has 8 heteroatoms. The topological polar surface area (TPSA) is 98.1 Å². The van der Waals surface area contributed by atoms with Crippen molar-refractivity contribution in [3.05, 3.63) is 47.4 Å². The maximum atomic E-state index is 12.9. The Bertz CT molecular complexity index is 1040. The first-order valence-corrected chi connectivity index (χ1v) is 10.8. The molecule has 1 fully saturated rings. The van der Waals surface area contributed by atoms with Gasteiger partial charge in [-0.15, -0.1) is 0 Å². The number of amides is 2. The number of fused-ring (bicyclic) bond motifs is 1. The molecule has 1 N–H and O–H groups in total. The molecule has 32 heavy (non-hydrogen) atoms. The minimum atomic E-state index is -0.761. The van der Waals surface area contributed by atoms with Crippen LogP contribution in [0.25, 0.3) is 0 Å². The Morgan fingerprint density at radius 2 is 2.06 bits per heavy atom. The minimum Gasteiger partial charge on any atom is -0.497 e. The van der Waals surface area contributed by atoms with E-state index in [1.54, 1.807) is 37.1 Å². The van der Waals surface area contributed by atoms with Crippen LogP contribution in [0, 0.1) is 6.92 Å². The van der Waals surface area contributed by atoms with E-state index in [9.17, 15) is 14.4 Å². The van der Waals surface area contributed by atoms with Gasteiger partial charge in [-0.25, -0.2) is 0 Å². The number of rotatable bonds is 5. The molecule has 2 amide bonds. The van der Waals surface area contributed by atoms with Gasteiger partial charge in [0.2, 0.25) is 11.8 Å². The molecule has 4 rings (SSSR count). The standard InChI is InChI=1S/C24H28N2O6/c1-15-4-5-18(31-15)14-25-23(29)16(2)26-11-10-24(9-8-22(26)28)13-20(27)19-7-6-17(30-3)12-21(19)32-24/h4-7,12,16H,8-11,13-14H2,1-3H3,(H,25,29)/t16-,24+/m0/s1. The molecule has 1 aromatic heterocycles. The van der Waals surface area contributed by atoms with Crippen LogP contribution in [-0.4, -0.2) is 47.8 Å². The van der Waals surface area contributed by atoms with Crippen molar-refractivity contribution in [2.24, 2.45) is 0 Å². The van der Waals surface area contributed by atoms with E-state index < -0.39 is 11.6 Å². The summed E-state index contributed by atoms with van der Waals surface area (Å²) in [5.41, 5.74) is -0.229. The van der Waals surface area contributed by atoms with E-state index in [1.165, 1.54) is 0 Å². The van der Waals surface area contributed by atoms with E-state index >= 15 is 0 Å². The largest absolute Gasteiger partial charge is 0.497 e. The number of carbonyl (C=O) groups is 3. The zero-order chi connectivity index (χ0) is 22.9. The van der Waals surface area contributed by atoms with Gasteiger partial charge in [-0.1, -0.05) is 0 Å². The third kappa shape index (κ3) is 4.35. The Morgan fingerprint density at radius 1 is 1.25 bits per heavy atom. The number of aryl methyl sites for hydroxylation is 1. The summed E-state index contributed by atoms with van der Waals surface area (Å²) in [7, 11) is 1.56. The Hall–Kier alpha value is -3.29. The number of nitrogens with zero attached hydrogens (tertiary/aromatic N) is 1. The van der Waals surface area contributed by atoms with Gasteiger partial charge in [0.1, 0.15) is 34.7 Å². The van der Waals surface area contributed by atoms with Crippen LogP contribution in [0.1, 0.15) is 54.5 Å². The van der Waals surface area contributed by atoms with Crippen molar-refractivity contribution in [3.8, 4) is 11.5 Å². The van der Waals surface area contributed by atoms with Crippen LogP contribution < -0.4 is 14.8 Å². The monoisotopic (exact) mass is 440 g/mol. The van der Waals surface area contributed by atoms with Crippen LogP contribution in [-0.2, 0) is 16.1 Å². The molecule has 1 aromatic carbocycles. The number of furan rings is 1. The smallest absolute Gasteiger partial charge is 0.242 e. The molecule has 2 aromatic rings. The Balaban J connectivity index is 1.44. The molecular formula is C24H28N2O6. The maximum absolute atomic E-state index is 12.9. The SMILES string of the molecule is COc1ccc2c(c1)O[C@@]1(CCC(=O)N([C@@H](C)C(=O)NCc3ccc(C)o3)CC1)CC2=O. The molecule has 1 spiro atoms. The van der Waals surface area contributed by atoms with Crippen molar-refractivity contribution < 1.29 is 28.3 Å². The van der Waals surface area contributed by atoms with E-state index in [4.69, 9.17) is 13.9 Å². The van der Waals surface area contributed by atoms with Crippen LogP contribution in [0.3, 0.4) is 0 Å². The predicted octanol–water partition coefficient (Wildman–Crippen LogP) is 3.02. The molecule has 0 aliphatic carbocycles. The number of benzene rings is 1. The second-order valence-electron chi connectivity index (χ2n) is 8.49. The van der Waals surface area contributed by atoms with Crippen LogP contribution in [0.5, 0.6) is 11.5 Å². The fraction of sp³-hybridized carbons (Fsp3) is 0.458. The summed E-state index contributed by atoms with van der Waals surface area (Å²) in [5.74, 6) is 2.15. The second kappa shape index (κ2) is 8.68. The number of nitrogens with one attached hydrogen (secondary N) is 1. The zero-order valence-corrected chi connectivity index (χ0v) is 18.6. The number of hydrogen-bond donors (Lipinski definition) is 1. The molecule has 3 heterocycles. The summed E-state index contributed by atoms with van der Waals surface area (Å²) in [5, 5.41) is 2.83. The van der Waals surface area contributed by atoms with Crippen LogP contribution in [0.2, 0.25) is 0 Å². The van der Waals surface area contributed by atoms with E-state index in [-0.39, 0.29) is 37.0 Å². The summed E-state index contributed by atoms with van der Waals surface area (Å²) in [4.78, 5) is 39.9. The lowest BCUT2D eigenvalue weighted by Gasteiger charge is -2.37. The number of likely N-dealkylation sites (tertiary alicyclic amines) is 1. The molecule has 1 saturated heterocycles. The first-order valence-electron chi connectivity index (χ1n) is 10.8. The molecular weight excluding hydrogens is 412 g/mol. The lowest BCUT2D eigenvalue weighted by Crippen LogP contribution is -2.48. The summed E-state index contributed by atoms with van der Waals surface area (Å²) in [6.45, 7) is 4.15. The van der Waals surface area contributed by atoms with E-state index in [0.29, 0.717) is 42.2 Å². The van der Waals surface area contributed by atoms with Crippen molar-refractivity contribution in [2.45, 2.75) is 57.7 Å². The Labute approximate surface area is 186 Å². The van der Waals surface area contributed by atoms with Gasteiger partial charge in [-0.2, -0.15) is 0 Å². The van der Waals surface area contributed by atoms with Gasteiger partial charge in [-0.05, 0) is 44.5 Å². The molecule has 2 atom stereocenters. The average molecular weight is 440 g/mol. The van der Waals surface area contributed by atoms with E-state index in [2.05, 4.69) is 5.32 Å². The number of methoxy groups -OCH3 is 1. The van der Waals surface area contributed by atoms with Gasteiger partial charge >= 0.3 is 0 Å². The highest BCUT2D eigenvalue weighted by molar-refractivity contribution is 6.00. The predicted molar refractivity (Wildman–Crippen MR) is 116 cm³/mol. The molecule has 2 aliphatic heterocycles. The molecule has 0 unspecified atom stereocenters. The molecule has 0 radical (unpaired) electrons. The quantitative estimate of drug-likeness (QED) is 0.768. The molecule has 0 saturated carbocycles.